The number of nitriles is 1. The first kappa shape index (κ1) is 10.2. The van der Waals surface area contributed by atoms with Gasteiger partial charge in [0.1, 0.15) is 11.8 Å². The van der Waals surface area contributed by atoms with Crippen LogP contribution in [-0.2, 0) is 6.54 Å². The van der Waals surface area contributed by atoms with Gasteiger partial charge in [-0.15, -0.1) is 0 Å². The Kier molecular flexibility index (Phi) is 2.88. The molecule has 80 valence electrons. The topological polar surface area (TPSA) is 50.8 Å². The van der Waals surface area contributed by atoms with E-state index in [9.17, 15) is 0 Å². The maximum absolute atomic E-state index is 8.89. The number of aromatic nitrogens is 2. The van der Waals surface area contributed by atoms with Crippen molar-refractivity contribution in [2.75, 3.05) is 7.11 Å². The highest BCUT2D eigenvalue weighted by molar-refractivity contribution is 5.29. The number of nitrogens with zero attached hydrogens (tertiary/aromatic N) is 3. The summed E-state index contributed by atoms with van der Waals surface area (Å²) in [4.78, 5) is 4.11. The summed E-state index contributed by atoms with van der Waals surface area (Å²) < 4.78 is 7.02. The molecule has 0 aromatic carbocycles. The molecule has 0 fully saturated rings. The number of rotatable bonds is 3. The molecule has 0 aliphatic heterocycles. The number of hydrogen-bond donors (Lipinski definition) is 0. The van der Waals surface area contributed by atoms with Crippen LogP contribution in [0.3, 0.4) is 0 Å². The van der Waals surface area contributed by atoms with Gasteiger partial charge in [0.2, 0.25) is 5.88 Å². The molecular weight excluding hydrogens is 202 g/mol. The molecule has 4 nitrogen and oxygen atoms in total. The average Bonchev–Trinajstić information content (AvgIpc) is 2.77. The van der Waals surface area contributed by atoms with Crippen LogP contribution >= 0.6 is 0 Å². The molecule has 0 radical (unpaired) electrons. The zero-order valence-corrected chi connectivity index (χ0v) is 8.92. The molecule has 2 rings (SSSR count). The average molecular weight is 213 g/mol. The molecule has 0 N–H and O–H groups in total. The first-order valence-electron chi connectivity index (χ1n) is 4.88. The Morgan fingerprint density at radius 3 is 3.06 bits per heavy atom. The SMILES string of the molecule is COc1ncccc1Cn1cccc1C#N. The molecule has 0 unspecified atom stereocenters. The number of hydrogen-bond acceptors (Lipinski definition) is 3. The molecule has 0 bridgehead atoms. The second kappa shape index (κ2) is 4.49. The van der Waals surface area contributed by atoms with Crippen molar-refractivity contribution in [3.63, 3.8) is 0 Å². The maximum Gasteiger partial charge on any atom is 0.218 e. The molecule has 16 heavy (non-hydrogen) atoms. The van der Waals surface area contributed by atoms with E-state index in [-0.39, 0.29) is 0 Å². The molecule has 0 spiro atoms. The van der Waals surface area contributed by atoms with Crippen LogP contribution in [0.25, 0.3) is 0 Å². The van der Waals surface area contributed by atoms with Gasteiger partial charge in [-0.05, 0) is 18.2 Å². The van der Waals surface area contributed by atoms with Crippen molar-refractivity contribution < 1.29 is 4.74 Å². The van der Waals surface area contributed by atoms with Crippen LogP contribution in [0.5, 0.6) is 5.88 Å². The Labute approximate surface area is 93.7 Å². The van der Waals surface area contributed by atoms with E-state index in [1.54, 1.807) is 19.4 Å². The van der Waals surface area contributed by atoms with E-state index < -0.39 is 0 Å². The van der Waals surface area contributed by atoms with E-state index in [2.05, 4.69) is 11.1 Å². The van der Waals surface area contributed by atoms with E-state index in [0.717, 1.165) is 5.56 Å². The van der Waals surface area contributed by atoms with Gasteiger partial charge in [0.15, 0.2) is 0 Å². The minimum absolute atomic E-state index is 0.590. The number of pyridine rings is 1. The molecule has 4 heteroatoms. The fourth-order valence-electron chi connectivity index (χ4n) is 1.57. The van der Waals surface area contributed by atoms with Crippen molar-refractivity contribution >= 4 is 0 Å². The molecule has 0 amide bonds. The summed E-state index contributed by atoms with van der Waals surface area (Å²) in [7, 11) is 1.59. The lowest BCUT2D eigenvalue weighted by Gasteiger charge is -2.08. The lowest BCUT2D eigenvalue weighted by molar-refractivity contribution is 0.391. The third-order valence-corrected chi connectivity index (χ3v) is 2.33. The van der Waals surface area contributed by atoms with Gasteiger partial charge in [-0.2, -0.15) is 5.26 Å². The predicted molar refractivity (Wildman–Crippen MR) is 59.0 cm³/mol. The van der Waals surface area contributed by atoms with Gasteiger partial charge in [0, 0.05) is 18.0 Å². The van der Waals surface area contributed by atoms with Crippen LogP contribution in [0.1, 0.15) is 11.3 Å². The second-order valence-electron chi connectivity index (χ2n) is 3.30. The Hall–Kier alpha value is -2.28. The van der Waals surface area contributed by atoms with Crippen molar-refractivity contribution in [1.29, 1.82) is 5.26 Å². The van der Waals surface area contributed by atoms with Crippen molar-refractivity contribution in [3.8, 4) is 11.9 Å². The van der Waals surface area contributed by atoms with E-state index in [4.69, 9.17) is 10.00 Å². The van der Waals surface area contributed by atoms with E-state index in [1.807, 2.05) is 29.0 Å². The van der Waals surface area contributed by atoms with E-state index in [1.165, 1.54) is 0 Å². The van der Waals surface area contributed by atoms with Gasteiger partial charge in [0.25, 0.3) is 0 Å². The van der Waals surface area contributed by atoms with Gasteiger partial charge in [-0.25, -0.2) is 4.98 Å². The Balaban J connectivity index is 2.31. The molecule has 0 atom stereocenters. The summed E-state index contributed by atoms with van der Waals surface area (Å²) in [5.74, 6) is 0.597. The second-order valence-corrected chi connectivity index (χ2v) is 3.30. The molecule has 0 saturated carbocycles. The van der Waals surface area contributed by atoms with Gasteiger partial charge in [0.05, 0.1) is 13.7 Å². The summed E-state index contributed by atoms with van der Waals surface area (Å²) in [5.41, 5.74) is 1.59. The number of methoxy groups -OCH3 is 1. The van der Waals surface area contributed by atoms with Gasteiger partial charge >= 0.3 is 0 Å². The lowest BCUT2D eigenvalue weighted by Crippen LogP contribution is -2.03. The zero-order chi connectivity index (χ0) is 11.4. The van der Waals surface area contributed by atoms with Crippen LogP contribution < -0.4 is 4.74 Å². The van der Waals surface area contributed by atoms with E-state index in [0.29, 0.717) is 18.1 Å². The normalized spacial score (nSPS) is 9.75. The van der Waals surface area contributed by atoms with Crippen LogP contribution in [0.4, 0.5) is 0 Å². The molecular formula is C12H11N3O. The highest BCUT2D eigenvalue weighted by atomic mass is 16.5. The predicted octanol–water partition coefficient (Wildman–Crippen LogP) is 1.81. The van der Waals surface area contributed by atoms with Crippen molar-refractivity contribution in [2.24, 2.45) is 0 Å². The van der Waals surface area contributed by atoms with Gasteiger partial charge in [-0.1, -0.05) is 6.07 Å². The lowest BCUT2D eigenvalue weighted by atomic mass is 10.2. The highest BCUT2D eigenvalue weighted by Gasteiger charge is 2.06. The fourth-order valence-corrected chi connectivity index (χ4v) is 1.57. The first-order chi connectivity index (χ1) is 7.85. The Morgan fingerprint density at radius 1 is 1.44 bits per heavy atom. The summed E-state index contributed by atoms with van der Waals surface area (Å²) in [6.07, 6.45) is 3.55. The molecule has 0 saturated heterocycles. The smallest absolute Gasteiger partial charge is 0.218 e. The van der Waals surface area contributed by atoms with Crippen molar-refractivity contribution in [2.45, 2.75) is 6.54 Å². The minimum Gasteiger partial charge on any atom is -0.481 e. The fraction of sp³-hybridized carbons (Fsp3) is 0.167. The molecule has 2 aromatic heterocycles. The number of ether oxygens (including phenoxy) is 1. The zero-order valence-electron chi connectivity index (χ0n) is 8.92. The van der Waals surface area contributed by atoms with Crippen molar-refractivity contribution in [3.05, 3.63) is 47.9 Å². The van der Waals surface area contributed by atoms with Crippen LogP contribution in [0.15, 0.2) is 36.7 Å². The highest BCUT2D eigenvalue weighted by Crippen LogP contribution is 2.16. The largest absolute Gasteiger partial charge is 0.481 e. The summed E-state index contributed by atoms with van der Waals surface area (Å²) >= 11 is 0. The Morgan fingerprint density at radius 2 is 2.31 bits per heavy atom. The molecule has 0 aliphatic carbocycles. The quantitative estimate of drug-likeness (QED) is 0.781. The van der Waals surface area contributed by atoms with Crippen LogP contribution in [0.2, 0.25) is 0 Å². The summed E-state index contributed by atoms with van der Waals surface area (Å²) in [5, 5.41) is 8.89. The molecule has 0 aliphatic rings. The molecule has 2 aromatic rings. The maximum atomic E-state index is 8.89. The Bertz CT molecular complexity index is 525. The third-order valence-electron chi connectivity index (χ3n) is 2.33. The van der Waals surface area contributed by atoms with E-state index >= 15 is 0 Å². The van der Waals surface area contributed by atoms with Crippen LogP contribution in [-0.4, -0.2) is 16.7 Å². The third kappa shape index (κ3) is 1.89. The minimum atomic E-state index is 0.590. The van der Waals surface area contributed by atoms with Crippen molar-refractivity contribution in [1.82, 2.24) is 9.55 Å². The summed E-state index contributed by atoms with van der Waals surface area (Å²) in [6.45, 7) is 0.590. The first-order valence-corrected chi connectivity index (χ1v) is 4.88. The standard InChI is InChI=1S/C12H11N3O/c1-16-12-10(4-2-6-14-12)9-15-7-3-5-11(15)8-13/h2-7H,9H2,1H3. The monoisotopic (exact) mass is 213 g/mol. The van der Waals surface area contributed by atoms with Gasteiger partial charge in [-0.3, -0.25) is 0 Å². The van der Waals surface area contributed by atoms with Crippen LogP contribution in [0, 0.1) is 11.3 Å². The molecule has 2 heterocycles. The summed E-state index contributed by atoms with van der Waals surface area (Å²) in [6, 6.07) is 9.56. The van der Waals surface area contributed by atoms with Gasteiger partial charge < -0.3 is 9.30 Å².